The van der Waals surface area contributed by atoms with Crippen molar-refractivity contribution in [3.63, 3.8) is 0 Å². The van der Waals surface area contributed by atoms with Gasteiger partial charge in [-0.2, -0.15) is 0 Å². The van der Waals surface area contributed by atoms with E-state index in [-0.39, 0.29) is 18.7 Å². The lowest BCUT2D eigenvalue weighted by molar-refractivity contribution is 0.174. The zero-order valence-electron chi connectivity index (χ0n) is 11.8. The van der Waals surface area contributed by atoms with Gasteiger partial charge in [-0.3, -0.25) is 0 Å². The number of aliphatic hydroxyl groups excluding tert-OH is 1. The number of hydrogen-bond donors (Lipinski definition) is 3. The monoisotopic (exact) mass is 278 g/mol. The Labute approximate surface area is 119 Å². The van der Waals surface area contributed by atoms with Crippen molar-refractivity contribution < 1.29 is 15.0 Å². The van der Waals surface area contributed by atoms with E-state index in [1.165, 1.54) is 0 Å². The Morgan fingerprint density at radius 3 is 2.95 bits per heavy atom. The summed E-state index contributed by atoms with van der Waals surface area (Å²) in [6.45, 7) is 2.95. The number of amides is 2. The molecule has 0 radical (unpaired) electrons. The van der Waals surface area contributed by atoms with E-state index < -0.39 is 0 Å². The summed E-state index contributed by atoms with van der Waals surface area (Å²) in [7, 11) is 0. The van der Waals surface area contributed by atoms with Crippen LogP contribution in [0.15, 0.2) is 18.2 Å². The Kier molecular flexibility index (Phi) is 4.84. The second-order valence-electron chi connectivity index (χ2n) is 5.10. The lowest BCUT2D eigenvalue weighted by Gasteiger charge is -2.24. The molecule has 0 heterocycles. The number of benzene rings is 1. The van der Waals surface area contributed by atoms with Gasteiger partial charge in [0.2, 0.25) is 0 Å². The molecule has 1 aliphatic rings. The molecule has 0 aliphatic heterocycles. The molecule has 5 nitrogen and oxygen atoms in total. The zero-order chi connectivity index (χ0) is 14.5. The maximum absolute atomic E-state index is 12.2. The van der Waals surface area contributed by atoms with Gasteiger partial charge in [0.15, 0.2) is 0 Å². The number of nitrogens with zero attached hydrogens (tertiary/aromatic N) is 1. The fourth-order valence-electron chi connectivity index (χ4n) is 2.73. The highest BCUT2D eigenvalue weighted by atomic mass is 16.3. The fourth-order valence-corrected chi connectivity index (χ4v) is 2.73. The number of hydrogen-bond acceptors (Lipinski definition) is 3. The molecular weight excluding hydrogens is 256 g/mol. The highest BCUT2D eigenvalue weighted by molar-refractivity contribution is 5.75. The summed E-state index contributed by atoms with van der Waals surface area (Å²) < 4.78 is 0. The van der Waals surface area contributed by atoms with Gasteiger partial charge in [0.1, 0.15) is 5.75 Å². The van der Waals surface area contributed by atoms with Gasteiger partial charge in [-0.1, -0.05) is 19.1 Å². The van der Waals surface area contributed by atoms with E-state index in [0.717, 1.165) is 30.4 Å². The molecule has 1 aliphatic carbocycles. The number of phenolic OH excluding ortho intramolecular Hbond substituents is 1. The van der Waals surface area contributed by atoms with E-state index in [1.54, 1.807) is 17.0 Å². The molecule has 0 spiro atoms. The second kappa shape index (κ2) is 6.61. The Bertz CT molecular complexity index is 470. The molecule has 3 N–H and O–H groups in total. The third kappa shape index (κ3) is 3.04. The molecule has 110 valence electrons. The molecule has 5 heteroatoms. The molecule has 2 amide bonds. The number of rotatable bonds is 5. The Balaban J connectivity index is 2.05. The number of urea groups is 1. The van der Waals surface area contributed by atoms with Crippen LogP contribution in [0.2, 0.25) is 0 Å². The largest absolute Gasteiger partial charge is 0.508 e. The van der Waals surface area contributed by atoms with E-state index in [2.05, 4.69) is 5.32 Å². The Morgan fingerprint density at radius 1 is 1.45 bits per heavy atom. The molecule has 2 rings (SSSR count). The van der Waals surface area contributed by atoms with Crippen molar-refractivity contribution in [3.05, 3.63) is 29.3 Å². The molecular formula is C15H22N2O3. The van der Waals surface area contributed by atoms with Crippen molar-refractivity contribution in [2.45, 2.75) is 32.2 Å². The first-order valence-electron chi connectivity index (χ1n) is 7.14. The standard InChI is InChI=1S/C15H22N2O3/c1-2-8-17(9-10-18)15(20)16-13-7-6-12-11(13)4-3-5-14(12)19/h3-5,13,18-19H,2,6-10H2,1H3,(H,16,20). The molecule has 1 unspecified atom stereocenters. The topological polar surface area (TPSA) is 72.8 Å². The van der Waals surface area contributed by atoms with E-state index in [1.807, 2.05) is 13.0 Å². The Hall–Kier alpha value is -1.75. The highest BCUT2D eigenvalue weighted by Gasteiger charge is 2.27. The van der Waals surface area contributed by atoms with Crippen molar-refractivity contribution in [2.75, 3.05) is 19.7 Å². The van der Waals surface area contributed by atoms with Crippen LogP contribution in [0.25, 0.3) is 0 Å². The lowest BCUT2D eigenvalue weighted by Crippen LogP contribution is -2.43. The minimum Gasteiger partial charge on any atom is -0.508 e. The number of fused-ring (bicyclic) bond motifs is 1. The zero-order valence-corrected chi connectivity index (χ0v) is 11.8. The second-order valence-corrected chi connectivity index (χ2v) is 5.10. The molecule has 0 saturated carbocycles. The van der Waals surface area contributed by atoms with E-state index in [4.69, 9.17) is 5.11 Å². The van der Waals surface area contributed by atoms with Gasteiger partial charge >= 0.3 is 6.03 Å². The van der Waals surface area contributed by atoms with Gasteiger partial charge < -0.3 is 20.4 Å². The molecule has 1 aromatic rings. The van der Waals surface area contributed by atoms with Gasteiger partial charge in [0.25, 0.3) is 0 Å². The van der Waals surface area contributed by atoms with Crippen molar-refractivity contribution in [1.82, 2.24) is 10.2 Å². The molecule has 1 atom stereocenters. The van der Waals surface area contributed by atoms with E-state index in [9.17, 15) is 9.90 Å². The molecule has 0 saturated heterocycles. The number of aliphatic hydroxyl groups is 1. The fraction of sp³-hybridized carbons (Fsp3) is 0.533. The Morgan fingerprint density at radius 2 is 2.25 bits per heavy atom. The lowest BCUT2D eigenvalue weighted by atomic mass is 10.1. The van der Waals surface area contributed by atoms with Crippen LogP contribution < -0.4 is 5.32 Å². The SMILES string of the molecule is CCCN(CCO)C(=O)NC1CCc2c(O)cccc21. The molecule has 0 bridgehead atoms. The molecule has 20 heavy (non-hydrogen) atoms. The maximum Gasteiger partial charge on any atom is 0.317 e. The predicted molar refractivity (Wildman–Crippen MR) is 76.7 cm³/mol. The van der Waals surface area contributed by atoms with Crippen molar-refractivity contribution >= 4 is 6.03 Å². The van der Waals surface area contributed by atoms with E-state index >= 15 is 0 Å². The third-order valence-electron chi connectivity index (χ3n) is 3.69. The first-order chi connectivity index (χ1) is 9.67. The van der Waals surface area contributed by atoms with Crippen molar-refractivity contribution in [3.8, 4) is 5.75 Å². The van der Waals surface area contributed by atoms with Gasteiger partial charge in [-0.05, 0) is 36.5 Å². The maximum atomic E-state index is 12.2. The van der Waals surface area contributed by atoms with Crippen LogP contribution in [0.1, 0.15) is 36.9 Å². The summed E-state index contributed by atoms with van der Waals surface area (Å²) in [5.74, 6) is 0.306. The van der Waals surface area contributed by atoms with Gasteiger partial charge in [-0.25, -0.2) is 4.79 Å². The summed E-state index contributed by atoms with van der Waals surface area (Å²) in [4.78, 5) is 13.8. The van der Waals surface area contributed by atoms with Crippen LogP contribution in [0.3, 0.4) is 0 Å². The third-order valence-corrected chi connectivity index (χ3v) is 3.69. The van der Waals surface area contributed by atoms with Crippen LogP contribution in [0.4, 0.5) is 4.79 Å². The number of aromatic hydroxyl groups is 1. The molecule has 1 aromatic carbocycles. The quantitative estimate of drug-likeness (QED) is 0.769. The molecule has 0 aromatic heterocycles. The predicted octanol–water partition coefficient (Wildman–Crippen LogP) is 1.79. The van der Waals surface area contributed by atoms with Crippen molar-refractivity contribution in [2.24, 2.45) is 0 Å². The van der Waals surface area contributed by atoms with E-state index in [0.29, 0.717) is 18.8 Å². The number of carbonyl (C=O) groups excluding carboxylic acids is 1. The van der Waals surface area contributed by atoms with Crippen molar-refractivity contribution in [1.29, 1.82) is 0 Å². The van der Waals surface area contributed by atoms with Gasteiger partial charge in [0.05, 0.1) is 12.6 Å². The van der Waals surface area contributed by atoms with Gasteiger partial charge in [0, 0.05) is 13.1 Å². The summed E-state index contributed by atoms with van der Waals surface area (Å²) in [5.41, 5.74) is 1.93. The summed E-state index contributed by atoms with van der Waals surface area (Å²) in [6, 6.07) is 5.22. The molecule has 0 fully saturated rings. The number of carbonyl (C=O) groups is 1. The average molecular weight is 278 g/mol. The van der Waals surface area contributed by atoms with Gasteiger partial charge in [-0.15, -0.1) is 0 Å². The summed E-state index contributed by atoms with van der Waals surface area (Å²) >= 11 is 0. The van der Waals surface area contributed by atoms with Crippen LogP contribution in [-0.2, 0) is 6.42 Å². The average Bonchev–Trinajstić information content (AvgIpc) is 2.83. The smallest absolute Gasteiger partial charge is 0.317 e. The first kappa shape index (κ1) is 14.7. The number of nitrogens with one attached hydrogen (secondary N) is 1. The van der Waals surface area contributed by atoms with Crippen LogP contribution >= 0.6 is 0 Å². The van der Waals surface area contributed by atoms with Crippen LogP contribution in [-0.4, -0.2) is 40.8 Å². The van der Waals surface area contributed by atoms with Crippen LogP contribution in [0.5, 0.6) is 5.75 Å². The van der Waals surface area contributed by atoms with Crippen LogP contribution in [0, 0.1) is 0 Å². The highest BCUT2D eigenvalue weighted by Crippen LogP contribution is 2.36. The minimum absolute atomic E-state index is 0.0323. The normalized spacial score (nSPS) is 16.8. The minimum atomic E-state index is -0.151. The summed E-state index contributed by atoms with van der Waals surface area (Å²) in [5, 5.41) is 21.8. The first-order valence-corrected chi connectivity index (χ1v) is 7.14. The number of phenols is 1. The summed E-state index contributed by atoms with van der Waals surface area (Å²) in [6.07, 6.45) is 2.44.